The topological polar surface area (TPSA) is 24.1 Å². The van der Waals surface area contributed by atoms with Crippen molar-refractivity contribution in [2.24, 2.45) is 0 Å². The lowest BCUT2D eigenvalue weighted by molar-refractivity contribution is 0.811. The summed E-state index contributed by atoms with van der Waals surface area (Å²) in [4.78, 5) is 0. The molecule has 7 heavy (non-hydrogen) atoms. The molecule has 1 aliphatic rings. The first kappa shape index (κ1) is 5.21. The monoisotopic (exact) mass is 210 g/mol. The van der Waals surface area contributed by atoms with Gasteiger partial charge < -0.3 is 10.6 Å². The van der Waals surface area contributed by atoms with Crippen LogP contribution in [0, 0.1) is 0 Å². The summed E-state index contributed by atoms with van der Waals surface area (Å²) in [5.41, 5.74) is 1.25. The molecule has 0 saturated heterocycles. The minimum absolute atomic E-state index is 0.893. The molecule has 1 heterocycles. The van der Waals surface area contributed by atoms with E-state index >= 15 is 0 Å². The molecule has 0 aromatic heterocycles. The van der Waals surface area contributed by atoms with Gasteiger partial charge in [0.15, 0.2) is 0 Å². The molecule has 1 rings (SSSR count). The molecule has 2 nitrogen and oxygen atoms in total. The van der Waals surface area contributed by atoms with Crippen LogP contribution in [0.25, 0.3) is 0 Å². The summed E-state index contributed by atoms with van der Waals surface area (Å²) in [7, 11) is 0. The molecule has 0 fully saturated rings. The fourth-order valence-corrected chi connectivity index (χ4v) is 0.846. The average molecular weight is 210 g/mol. The largest absolute Gasteiger partial charge is 0.369 e. The summed E-state index contributed by atoms with van der Waals surface area (Å²) in [6.45, 7) is 2.95. The smallest absolute Gasteiger partial charge is 0.0935 e. The summed E-state index contributed by atoms with van der Waals surface area (Å²) in [6.07, 6.45) is 0. The van der Waals surface area contributed by atoms with Gasteiger partial charge >= 0.3 is 0 Å². The molecule has 0 aliphatic carbocycles. The number of nitrogens with one attached hydrogen (secondary N) is 2. The van der Waals surface area contributed by atoms with Gasteiger partial charge in [-0.25, -0.2) is 0 Å². The molecule has 40 valence electrons. The van der Waals surface area contributed by atoms with Crippen molar-refractivity contribution in [2.45, 2.75) is 6.92 Å². The van der Waals surface area contributed by atoms with Crippen LogP contribution in [-0.2, 0) is 0 Å². The normalized spacial score (nSPS) is 19.1. The molecular formula is C4H7IN2. The zero-order chi connectivity index (χ0) is 5.28. The van der Waals surface area contributed by atoms with E-state index in [0.717, 1.165) is 6.67 Å². The van der Waals surface area contributed by atoms with E-state index in [4.69, 9.17) is 0 Å². The highest BCUT2D eigenvalue weighted by molar-refractivity contribution is 14.1. The van der Waals surface area contributed by atoms with Crippen molar-refractivity contribution in [3.05, 3.63) is 9.40 Å². The van der Waals surface area contributed by atoms with Gasteiger partial charge in [0.05, 0.1) is 10.4 Å². The summed E-state index contributed by atoms with van der Waals surface area (Å²) >= 11 is 2.26. The van der Waals surface area contributed by atoms with E-state index in [1.165, 1.54) is 9.40 Å². The van der Waals surface area contributed by atoms with Gasteiger partial charge in [-0.05, 0) is 29.5 Å². The highest BCUT2D eigenvalue weighted by Gasteiger charge is 2.02. The van der Waals surface area contributed by atoms with Crippen molar-refractivity contribution in [3.63, 3.8) is 0 Å². The first-order valence-electron chi connectivity index (χ1n) is 2.15. The Morgan fingerprint density at radius 3 is 2.43 bits per heavy atom. The van der Waals surface area contributed by atoms with E-state index in [-0.39, 0.29) is 0 Å². The van der Waals surface area contributed by atoms with E-state index < -0.39 is 0 Å². The molecule has 0 aromatic rings. The Morgan fingerprint density at radius 2 is 2.29 bits per heavy atom. The summed E-state index contributed by atoms with van der Waals surface area (Å²) in [5.74, 6) is 0. The number of hydrogen-bond donors (Lipinski definition) is 2. The summed E-state index contributed by atoms with van der Waals surface area (Å²) in [5, 5.41) is 6.25. The number of allylic oxidation sites excluding steroid dienone is 1. The maximum absolute atomic E-state index is 3.13. The van der Waals surface area contributed by atoms with Crippen LogP contribution in [0.2, 0.25) is 0 Å². The Labute approximate surface area is 56.5 Å². The molecule has 1 aliphatic heterocycles. The van der Waals surface area contributed by atoms with Crippen molar-refractivity contribution in [1.29, 1.82) is 0 Å². The van der Waals surface area contributed by atoms with Gasteiger partial charge in [0.2, 0.25) is 0 Å². The van der Waals surface area contributed by atoms with E-state index in [0.29, 0.717) is 0 Å². The molecular weight excluding hydrogens is 203 g/mol. The second-order valence-electron chi connectivity index (χ2n) is 1.47. The standard InChI is InChI=1S/C4H7IN2/c1-3-4(5)7-2-6-3/h6-7H,2H2,1H3. The highest BCUT2D eigenvalue weighted by atomic mass is 127. The molecule has 0 bridgehead atoms. The first-order valence-corrected chi connectivity index (χ1v) is 3.22. The summed E-state index contributed by atoms with van der Waals surface area (Å²) < 4.78 is 1.23. The molecule has 3 heteroatoms. The average Bonchev–Trinajstić information content (AvgIpc) is 1.91. The van der Waals surface area contributed by atoms with Gasteiger partial charge in [0, 0.05) is 5.70 Å². The van der Waals surface area contributed by atoms with Crippen LogP contribution in [0.15, 0.2) is 9.40 Å². The fraction of sp³-hybridized carbons (Fsp3) is 0.500. The Morgan fingerprint density at radius 1 is 1.57 bits per heavy atom. The molecule has 0 spiro atoms. The maximum Gasteiger partial charge on any atom is 0.0935 e. The van der Waals surface area contributed by atoms with Crippen molar-refractivity contribution in [1.82, 2.24) is 10.6 Å². The number of rotatable bonds is 0. The zero-order valence-corrected chi connectivity index (χ0v) is 6.24. The van der Waals surface area contributed by atoms with Crippen molar-refractivity contribution >= 4 is 22.6 Å². The van der Waals surface area contributed by atoms with Crippen LogP contribution in [-0.4, -0.2) is 6.67 Å². The molecule has 0 saturated carbocycles. The van der Waals surface area contributed by atoms with Crippen molar-refractivity contribution < 1.29 is 0 Å². The Bertz CT molecular complexity index is 96.3. The third-order valence-corrected chi connectivity index (χ3v) is 2.12. The van der Waals surface area contributed by atoms with Gasteiger partial charge in [-0.15, -0.1) is 0 Å². The van der Waals surface area contributed by atoms with Crippen LogP contribution in [0.5, 0.6) is 0 Å². The predicted molar refractivity (Wildman–Crippen MR) is 37.9 cm³/mol. The molecule has 0 aromatic carbocycles. The van der Waals surface area contributed by atoms with Crippen LogP contribution >= 0.6 is 22.6 Å². The third-order valence-electron chi connectivity index (χ3n) is 0.926. The molecule has 0 atom stereocenters. The minimum Gasteiger partial charge on any atom is -0.369 e. The van der Waals surface area contributed by atoms with Crippen LogP contribution in [0.1, 0.15) is 6.92 Å². The molecule has 0 radical (unpaired) electrons. The second kappa shape index (κ2) is 1.90. The van der Waals surface area contributed by atoms with Crippen molar-refractivity contribution in [3.8, 4) is 0 Å². The lowest BCUT2D eigenvalue weighted by Gasteiger charge is -1.87. The number of hydrogen-bond acceptors (Lipinski definition) is 2. The molecule has 2 N–H and O–H groups in total. The second-order valence-corrected chi connectivity index (χ2v) is 2.55. The van der Waals surface area contributed by atoms with E-state index in [1.54, 1.807) is 0 Å². The predicted octanol–water partition coefficient (Wildman–Crippen LogP) is 0.761. The Kier molecular flexibility index (Phi) is 1.41. The van der Waals surface area contributed by atoms with Crippen LogP contribution < -0.4 is 10.6 Å². The van der Waals surface area contributed by atoms with Gasteiger partial charge in [-0.3, -0.25) is 0 Å². The van der Waals surface area contributed by atoms with E-state index in [2.05, 4.69) is 40.1 Å². The summed E-state index contributed by atoms with van der Waals surface area (Å²) in [6, 6.07) is 0. The van der Waals surface area contributed by atoms with Crippen LogP contribution in [0.3, 0.4) is 0 Å². The SMILES string of the molecule is CC1=C(I)NCN1. The number of halogens is 1. The van der Waals surface area contributed by atoms with Gasteiger partial charge in [-0.2, -0.15) is 0 Å². The van der Waals surface area contributed by atoms with Gasteiger partial charge in [0.1, 0.15) is 0 Å². The quantitative estimate of drug-likeness (QED) is 0.455. The van der Waals surface area contributed by atoms with Gasteiger partial charge in [0.25, 0.3) is 0 Å². The van der Waals surface area contributed by atoms with Crippen molar-refractivity contribution in [2.75, 3.05) is 6.67 Å². The fourth-order valence-electron chi connectivity index (χ4n) is 0.465. The maximum atomic E-state index is 3.13. The van der Waals surface area contributed by atoms with E-state index in [9.17, 15) is 0 Å². The Balaban J connectivity index is 2.64. The first-order chi connectivity index (χ1) is 3.30. The lowest BCUT2D eigenvalue weighted by atomic mass is 10.6. The molecule has 0 amide bonds. The third kappa shape index (κ3) is 0.992. The minimum atomic E-state index is 0.893. The zero-order valence-electron chi connectivity index (χ0n) is 4.09. The highest BCUT2D eigenvalue weighted by Crippen LogP contribution is 2.08. The molecule has 0 unspecified atom stereocenters. The lowest BCUT2D eigenvalue weighted by Crippen LogP contribution is -2.13. The Hall–Kier alpha value is 0.0700. The van der Waals surface area contributed by atoms with E-state index in [1.807, 2.05) is 0 Å². The van der Waals surface area contributed by atoms with Crippen LogP contribution in [0.4, 0.5) is 0 Å². The van der Waals surface area contributed by atoms with Gasteiger partial charge in [-0.1, -0.05) is 0 Å².